The molecule has 1 rings (SSSR count). The van der Waals surface area contributed by atoms with Gasteiger partial charge in [-0.15, -0.1) is 0 Å². The molecule has 0 radical (unpaired) electrons. The summed E-state index contributed by atoms with van der Waals surface area (Å²) in [6.07, 6.45) is -0.516. The molecule has 0 aliphatic rings. The number of rotatable bonds is 7. The number of anilines is 1. The Morgan fingerprint density at radius 1 is 1.39 bits per heavy atom. The molecule has 2 N–H and O–H groups in total. The second-order valence-corrected chi connectivity index (χ2v) is 5.86. The molecule has 0 aromatic heterocycles. The molecule has 1 unspecified atom stereocenters. The number of nitrogens with one attached hydrogen (secondary N) is 1. The van der Waals surface area contributed by atoms with Crippen molar-refractivity contribution in [2.45, 2.75) is 20.0 Å². The molecule has 0 saturated heterocycles. The summed E-state index contributed by atoms with van der Waals surface area (Å²) >= 11 is 9.25. The van der Waals surface area contributed by atoms with Crippen molar-refractivity contribution >= 4 is 33.2 Å². The van der Waals surface area contributed by atoms with Crippen LogP contribution in [-0.4, -0.2) is 31.0 Å². The van der Waals surface area contributed by atoms with E-state index in [0.717, 1.165) is 10.2 Å². The van der Waals surface area contributed by atoms with Crippen LogP contribution in [0, 0.1) is 5.92 Å². The van der Waals surface area contributed by atoms with E-state index < -0.39 is 6.10 Å². The predicted molar refractivity (Wildman–Crippen MR) is 79.3 cm³/mol. The standard InChI is InChI=1S/C13H19BrClNO2/c1-9(2)7-18-8-11(17)6-16-10-3-4-13(15)12(14)5-10/h3-5,9,11,16-17H,6-8H2,1-2H3. The van der Waals surface area contributed by atoms with E-state index in [0.29, 0.717) is 30.7 Å². The summed E-state index contributed by atoms with van der Waals surface area (Å²) in [5.74, 6) is 0.484. The SMILES string of the molecule is CC(C)COCC(O)CNc1ccc(Cl)c(Br)c1. The lowest BCUT2D eigenvalue weighted by molar-refractivity contribution is 0.0318. The fourth-order valence-corrected chi connectivity index (χ4v) is 1.84. The summed E-state index contributed by atoms with van der Waals surface area (Å²) in [6.45, 7) is 5.63. The van der Waals surface area contributed by atoms with Crippen molar-refractivity contribution in [3.63, 3.8) is 0 Å². The first-order valence-corrected chi connectivity index (χ1v) is 7.11. The van der Waals surface area contributed by atoms with E-state index in [1.165, 1.54) is 0 Å². The molecule has 18 heavy (non-hydrogen) atoms. The average molecular weight is 337 g/mol. The zero-order valence-corrected chi connectivity index (χ0v) is 13.0. The Kier molecular flexibility index (Phi) is 7.00. The highest BCUT2D eigenvalue weighted by Crippen LogP contribution is 2.25. The van der Waals surface area contributed by atoms with Crippen molar-refractivity contribution in [2.24, 2.45) is 5.92 Å². The van der Waals surface area contributed by atoms with Crippen LogP contribution >= 0.6 is 27.5 Å². The highest BCUT2D eigenvalue weighted by molar-refractivity contribution is 9.10. The van der Waals surface area contributed by atoms with Crippen LogP contribution in [0.25, 0.3) is 0 Å². The minimum Gasteiger partial charge on any atom is -0.389 e. The molecular formula is C13H19BrClNO2. The number of hydrogen-bond donors (Lipinski definition) is 2. The van der Waals surface area contributed by atoms with Gasteiger partial charge in [-0.05, 0) is 40.0 Å². The molecule has 1 aromatic rings. The molecule has 0 heterocycles. The third-order valence-corrected chi connectivity index (χ3v) is 3.44. The summed E-state index contributed by atoms with van der Waals surface area (Å²) in [6, 6.07) is 5.55. The molecule has 5 heteroatoms. The van der Waals surface area contributed by atoms with Gasteiger partial charge in [0.1, 0.15) is 0 Å². The second kappa shape index (κ2) is 8.00. The first kappa shape index (κ1) is 15.8. The Hall–Kier alpha value is -0.290. The molecule has 0 aliphatic heterocycles. The molecule has 3 nitrogen and oxygen atoms in total. The van der Waals surface area contributed by atoms with Gasteiger partial charge in [0.25, 0.3) is 0 Å². The summed E-state index contributed by atoms with van der Waals surface area (Å²) < 4.78 is 6.20. The molecule has 0 aliphatic carbocycles. The van der Waals surface area contributed by atoms with Gasteiger partial charge in [-0.1, -0.05) is 25.4 Å². The van der Waals surface area contributed by atoms with Crippen molar-refractivity contribution in [1.29, 1.82) is 0 Å². The highest BCUT2D eigenvalue weighted by Gasteiger charge is 2.05. The minimum atomic E-state index is -0.516. The Bertz CT molecular complexity index is 374. The van der Waals surface area contributed by atoms with Gasteiger partial charge in [0, 0.05) is 23.3 Å². The van der Waals surface area contributed by atoms with Crippen molar-refractivity contribution in [3.05, 3.63) is 27.7 Å². The van der Waals surface area contributed by atoms with Crippen molar-refractivity contribution in [3.8, 4) is 0 Å². The van der Waals surface area contributed by atoms with Crippen LogP contribution in [0.15, 0.2) is 22.7 Å². The second-order valence-electron chi connectivity index (χ2n) is 4.59. The third-order valence-electron chi connectivity index (χ3n) is 2.22. The number of ether oxygens (including phenoxy) is 1. The maximum absolute atomic E-state index is 9.72. The van der Waals surface area contributed by atoms with Gasteiger partial charge in [-0.2, -0.15) is 0 Å². The number of hydrogen-bond acceptors (Lipinski definition) is 3. The predicted octanol–water partition coefficient (Wildman–Crippen LogP) is 3.55. The first-order chi connectivity index (χ1) is 8.49. The van der Waals surface area contributed by atoms with Crippen LogP contribution in [0.2, 0.25) is 5.02 Å². The van der Waals surface area contributed by atoms with Gasteiger partial charge < -0.3 is 15.2 Å². The molecular weight excluding hydrogens is 318 g/mol. The Labute approximate surface area is 122 Å². The molecule has 0 saturated carbocycles. The summed E-state index contributed by atoms with van der Waals surface area (Å²) in [5.41, 5.74) is 0.911. The van der Waals surface area contributed by atoms with Crippen molar-refractivity contribution in [1.82, 2.24) is 0 Å². The van der Waals surface area contributed by atoms with E-state index >= 15 is 0 Å². The van der Waals surface area contributed by atoms with Gasteiger partial charge in [-0.25, -0.2) is 0 Å². The quantitative estimate of drug-likeness (QED) is 0.800. The molecule has 0 bridgehead atoms. The molecule has 102 valence electrons. The number of benzene rings is 1. The third kappa shape index (κ3) is 6.05. The average Bonchev–Trinajstić information content (AvgIpc) is 2.30. The Morgan fingerprint density at radius 2 is 2.11 bits per heavy atom. The van der Waals surface area contributed by atoms with E-state index in [1.807, 2.05) is 12.1 Å². The number of aliphatic hydroxyl groups is 1. The van der Waals surface area contributed by atoms with Crippen LogP contribution in [0.3, 0.4) is 0 Å². The Morgan fingerprint density at radius 3 is 2.72 bits per heavy atom. The van der Waals surface area contributed by atoms with Crippen molar-refractivity contribution in [2.75, 3.05) is 25.1 Å². The van der Waals surface area contributed by atoms with Crippen LogP contribution in [0.1, 0.15) is 13.8 Å². The lowest BCUT2D eigenvalue weighted by atomic mass is 10.2. The van der Waals surface area contributed by atoms with Crippen LogP contribution in [0.5, 0.6) is 0 Å². The van der Waals surface area contributed by atoms with E-state index in [9.17, 15) is 5.11 Å². The molecule has 0 fully saturated rings. The molecule has 0 amide bonds. The van der Waals surface area contributed by atoms with Crippen LogP contribution in [-0.2, 0) is 4.74 Å². The smallest absolute Gasteiger partial charge is 0.0945 e. The summed E-state index contributed by atoms with van der Waals surface area (Å²) in [4.78, 5) is 0. The van der Waals surface area contributed by atoms with Gasteiger partial charge in [-0.3, -0.25) is 0 Å². The fourth-order valence-electron chi connectivity index (χ4n) is 1.34. The molecule has 1 aromatic carbocycles. The zero-order chi connectivity index (χ0) is 13.5. The van der Waals surface area contributed by atoms with Gasteiger partial charge in [0.05, 0.1) is 17.7 Å². The van der Waals surface area contributed by atoms with E-state index in [1.54, 1.807) is 6.07 Å². The van der Waals surface area contributed by atoms with Gasteiger partial charge >= 0.3 is 0 Å². The normalized spacial score (nSPS) is 12.8. The van der Waals surface area contributed by atoms with Crippen molar-refractivity contribution < 1.29 is 9.84 Å². The number of halogens is 2. The number of aliphatic hydroxyl groups excluding tert-OH is 1. The maximum Gasteiger partial charge on any atom is 0.0945 e. The van der Waals surface area contributed by atoms with E-state index in [-0.39, 0.29) is 0 Å². The zero-order valence-electron chi connectivity index (χ0n) is 10.6. The van der Waals surface area contributed by atoms with E-state index in [4.69, 9.17) is 16.3 Å². The minimum absolute atomic E-state index is 0.347. The first-order valence-electron chi connectivity index (χ1n) is 5.93. The highest BCUT2D eigenvalue weighted by atomic mass is 79.9. The lowest BCUT2D eigenvalue weighted by Gasteiger charge is -2.14. The summed E-state index contributed by atoms with van der Waals surface area (Å²) in [7, 11) is 0. The monoisotopic (exact) mass is 335 g/mol. The van der Waals surface area contributed by atoms with Crippen LogP contribution in [0.4, 0.5) is 5.69 Å². The topological polar surface area (TPSA) is 41.5 Å². The summed E-state index contributed by atoms with van der Waals surface area (Å²) in [5, 5.41) is 13.5. The largest absolute Gasteiger partial charge is 0.389 e. The molecule has 0 spiro atoms. The lowest BCUT2D eigenvalue weighted by Crippen LogP contribution is -2.25. The Balaban J connectivity index is 2.29. The van der Waals surface area contributed by atoms with Gasteiger partial charge in [0.15, 0.2) is 0 Å². The van der Waals surface area contributed by atoms with Gasteiger partial charge in [0.2, 0.25) is 0 Å². The maximum atomic E-state index is 9.72. The molecule has 1 atom stereocenters. The van der Waals surface area contributed by atoms with E-state index in [2.05, 4.69) is 35.1 Å². The van der Waals surface area contributed by atoms with Crippen LogP contribution < -0.4 is 5.32 Å². The fraction of sp³-hybridized carbons (Fsp3) is 0.538.